The minimum Gasteiger partial charge on any atom is -0.480 e. The fourth-order valence-corrected chi connectivity index (χ4v) is 3.12. The highest BCUT2D eigenvalue weighted by molar-refractivity contribution is 7.89. The van der Waals surface area contributed by atoms with E-state index in [1.807, 2.05) is 4.72 Å². The van der Waals surface area contributed by atoms with E-state index < -0.39 is 44.6 Å². The highest BCUT2D eigenvalue weighted by atomic mass is 32.2. The molecule has 0 unspecified atom stereocenters. The molecule has 128 valence electrons. The molecule has 0 amide bonds. The second kappa shape index (κ2) is 7.51. The van der Waals surface area contributed by atoms with Crippen LogP contribution in [0.5, 0.6) is 0 Å². The van der Waals surface area contributed by atoms with Crippen LogP contribution in [-0.4, -0.2) is 38.6 Å². The summed E-state index contributed by atoms with van der Waals surface area (Å²) in [5, 5.41) is 9.03. The zero-order valence-electron chi connectivity index (χ0n) is 12.9. The molecule has 0 saturated heterocycles. The number of aliphatic carboxylic acids is 1. The molecule has 0 heterocycles. The van der Waals surface area contributed by atoms with Crippen molar-refractivity contribution in [3.05, 3.63) is 29.6 Å². The van der Waals surface area contributed by atoms with Crippen molar-refractivity contribution in [1.82, 2.24) is 4.72 Å². The molecule has 2 N–H and O–H groups in total. The number of sulfonamides is 1. The van der Waals surface area contributed by atoms with Gasteiger partial charge in [0.25, 0.3) is 0 Å². The molecule has 0 saturated carbocycles. The van der Waals surface area contributed by atoms with Gasteiger partial charge in [-0.3, -0.25) is 9.59 Å². The topological polar surface area (TPSA) is 110 Å². The summed E-state index contributed by atoms with van der Waals surface area (Å²) in [6.07, 6.45) is -0.333. The average molecular weight is 347 g/mol. The molecule has 0 bridgehead atoms. The minimum atomic E-state index is -4.21. The van der Waals surface area contributed by atoms with E-state index in [1.54, 1.807) is 13.8 Å². The van der Waals surface area contributed by atoms with Gasteiger partial charge in [0.05, 0.1) is 18.4 Å². The van der Waals surface area contributed by atoms with Crippen molar-refractivity contribution >= 4 is 22.0 Å². The molecule has 1 aromatic rings. The summed E-state index contributed by atoms with van der Waals surface area (Å²) in [4.78, 5) is 21.8. The lowest BCUT2D eigenvalue weighted by Gasteiger charge is -2.18. The number of carbonyl (C=O) groups is 2. The third-order valence-corrected chi connectivity index (χ3v) is 4.55. The third kappa shape index (κ3) is 5.00. The van der Waals surface area contributed by atoms with E-state index in [9.17, 15) is 22.4 Å². The molecule has 1 atom stereocenters. The normalized spacial score (nSPS) is 12.9. The molecule has 0 spiro atoms. The van der Waals surface area contributed by atoms with Gasteiger partial charge in [0.1, 0.15) is 11.9 Å². The molecular formula is C14H18FNO6S. The number of benzene rings is 1. The van der Waals surface area contributed by atoms with Gasteiger partial charge in [-0.1, -0.05) is 19.9 Å². The Morgan fingerprint density at radius 2 is 1.96 bits per heavy atom. The molecule has 1 aromatic carbocycles. The molecule has 7 nitrogen and oxygen atoms in total. The average Bonchev–Trinajstić information content (AvgIpc) is 2.46. The Hall–Kier alpha value is -2.00. The monoisotopic (exact) mass is 347 g/mol. The molecule has 23 heavy (non-hydrogen) atoms. The number of rotatable bonds is 7. The van der Waals surface area contributed by atoms with Gasteiger partial charge in [-0.15, -0.1) is 0 Å². The summed E-state index contributed by atoms with van der Waals surface area (Å²) in [7, 11) is -3.06. The van der Waals surface area contributed by atoms with Crippen LogP contribution in [0.25, 0.3) is 0 Å². The number of halogens is 1. The Kier molecular flexibility index (Phi) is 6.22. The minimum absolute atomic E-state index is 0.0190. The smallest absolute Gasteiger partial charge is 0.322 e. The van der Waals surface area contributed by atoms with E-state index in [0.29, 0.717) is 0 Å². The highest BCUT2D eigenvalue weighted by Crippen LogP contribution is 2.17. The first kappa shape index (κ1) is 19.0. The number of methoxy groups -OCH3 is 1. The largest absolute Gasteiger partial charge is 0.480 e. The molecule has 0 aromatic heterocycles. The van der Waals surface area contributed by atoms with Gasteiger partial charge in [-0.25, -0.2) is 12.8 Å². The first-order valence-electron chi connectivity index (χ1n) is 6.69. The Labute approximate surface area is 133 Å². The highest BCUT2D eigenvalue weighted by Gasteiger charge is 2.28. The molecule has 0 radical (unpaired) electrons. The maximum Gasteiger partial charge on any atom is 0.322 e. The quantitative estimate of drug-likeness (QED) is 0.710. The fraction of sp³-hybridized carbons (Fsp3) is 0.429. The molecular weight excluding hydrogens is 329 g/mol. The number of carboxylic acid groups (broad SMARTS) is 1. The van der Waals surface area contributed by atoms with Gasteiger partial charge in [0.2, 0.25) is 10.0 Å². The molecule has 0 fully saturated rings. The van der Waals surface area contributed by atoms with Crippen molar-refractivity contribution in [3.63, 3.8) is 0 Å². The summed E-state index contributed by atoms with van der Waals surface area (Å²) in [5.41, 5.74) is -0.0190. The van der Waals surface area contributed by atoms with Crippen molar-refractivity contribution in [2.75, 3.05) is 7.11 Å². The maximum atomic E-state index is 13.9. The van der Waals surface area contributed by atoms with Crippen LogP contribution in [0.1, 0.15) is 19.4 Å². The number of hydrogen-bond donors (Lipinski definition) is 2. The van der Waals surface area contributed by atoms with Crippen molar-refractivity contribution < 1.29 is 32.2 Å². The number of carboxylic acids is 1. The van der Waals surface area contributed by atoms with E-state index in [0.717, 1.165) is 25.3 Å². The van der Waals surface area contributed by atoms with Crippen molar-refractivity contribution in [2.24, 2.45) is 5.92 Å². The summed E-state index contributed by atoms with van der Waals surface area (Å²) in [6.45, 7) is 3.09. The third-order valence-electron chi connectivity index (χ3n) is 3.11. The summed E-state index contributed by atoms with van der Waals surface area (Å²) >= 11 is 0. The number of ether oxygens (including phenoxy) is 1. The zero-order chi connectivity index (χ0) is 17.8. The van der Waals surface area contributed by atoms with Gasteiger partial charge in [0, 0.05) is 0 Å². The van der Waals surface area contributed by atoms with Crippen molar-refractivity contribution in [3.8, 4) is 0 Å². The van der Waals surface area contributed by atoms with Crippen LogP contribution in [0.3, 0.4) is 0 Å². The van der Waals surface area contributed by atoms with Crippen LogP contribution in [-0.2, 0) is 30.8 Å². The second-order valence-electron chi connectivity index (χ2n) is 5.19. The second-order valence-corrected chi connectivity index (χ2v) is 6.90. The maximum absolute atomic E-state index is 13.9. The first-order valence-corrected chi connectivity index (χ1v) is 8.17. The van der Waals surface area contributed by atoms with Crippen molar-refractivity contribution in [1.29, 1.82) is 0 Å². The SMILES string of the molecule is COC(=O)Cc1ccc(S(=O)(=O)N[C@H](C(=O)O)C(C)C)cc1F. The van der Waals surface area contributed by atoms with Crippen molar-refractivity contribution in [2.45, 2.75) is 31.2 Å². The number of nitrogens with one attached hydrogen (secondary N) is 1. The molecule has 0 aliphatic carbocycles. The lowest BCUT2D eigenvalue weighted by Crippen LogP contribution is -2.44. The van der Waals surface area contributed by atoms with Gasteiger partial charge < -0.3 is 9.84 Å². The van der Waals surface area contributed by atoms with Gasteiger partial charge in [0.15, 0.2) is 0 Å². The van der Waals surface area contributed by atoms with Gasteiger partial charge in [-0.05, 0) is 23.6 Å². The predicted octanol–water partition coefficient (Wildman–Crippen LogP) is 0.929. The molecule has 0 aliphatic rings. The fourth-order valence-electron chi connectivity index (χ4n) is 1.77. The van der Waals surface area contributed by atoms with E-state index in [4.69, 9.17) is 5.11 Å². The number of carbonyl (C=O) groups excluding carboxylic acids is 1. The standard InChI is InChI=1S/C14H18FNO6S/c1-8(2)13(14(18)19)16-23(20,21)10-5-4-9(11(15)7-10)6-12(17)22-3/h4-5,7-8,13,16H,6H2,1-3H3,(H,18,19)/t13-/m0/s1. The first-order chi connectivity index (χ1) is 10.6. The zero-order valence-corrected chi connectivity index (χ0v) is 13.7. The van der Waals surface area contributed by atoms with Crippen LogP contribution in [0.2, 0.25) is 0 Å². The Morgan fingerprint density at radius 3 is 2.39 bits per heavy atom. The van der Waals surface area contributed by atoms with Crippen LogP contribution in [0.4, 0.5) is 4.39 Å². The van der Waals surface area contributed by atoms with Gasteiger partial charge in [-0.2, -0.15) is 4.72 Å². The van der Waals surface area contributed by atoms with Crippen LogP contribution in [0, 0.1) is 11.7 Å². The summed E-state index contributed by atoms with van der Waals surface area (Å²) < 4.78 is 44.7. The summed E-state index contributed by atoms with van der Waals surface area (Å²) in [6, 6.07) is 1.65. The number of esters is 1. The van der Waals surface area contributed by atoms with Gasteiger partial charge >= 0.3 is 11.9 Å². The Morgan fingerprint density at radius 1 is 1.35 bits per heavy atom. The van der Waals surface area contributed by atoms with Crippen LogP contribution < -0.4 is 4.72 Å². The van der Waals surface area contributed by atoms with E-state index >= 15 is 0 Å². The van der Waals surface area contributed by atoms with E-state index in [-0.39, 0.29) is 12.0 Å². The lowest BCUT2D eigenvalue weighted by molar-refractivity contribution is -0.140. The molecule has 1 rings (SSSR count). The molecule has 9 heteroatoms. The molecule has 0 aliphatic heterocycles. The van der Waals surface area contributed by atoms with Crippen LogP contribution in [0.15, 0.2) is 23.1 Å². The van der Waals surface area contributed by atoms with E-state index in [1.165, 1.54) is 0 Å². The predicted molar refractivity (Wildman–Crippen MR) is 78.7 cm³/mol. The summed E-state index contributed by atoms with van der Waals surface area (Å²) in [5.74, 6) is -3.38. The Balaban J connectivity index is 3.08. The lowest BCUT2D eigenvalue weighted by atomic mass is 10.1. The van der Waals surface area contributed by atoms with Crippen LogP contribution >= 0.6 is 0 Å². The number of hydrogen-bond acceptors (Lipinski definition) is 5. The Bertz CT molecular complexity index is 701. The van der Waals surface area contributed by atoms with E-state index in [2.05, 4.69) is 4.74 Å².